The summed E-state index contributed by atoms with van der Waals surface area (Å²) in [5.74, 6) is -0.199. The van der Waals surface area contributed by atoms with Crippen molar-refractivity contribution in [3.63, 3.8) is 0 Å². The van der Waals surface area contributed by atoms with E-state index < -0.39 is 0 Å². The monoisotopic (exact) mass is 228 g/mol. The maximum Gasteiger partial charge on any atom is 0.123 e. The van der Waals surface area contributed by atoms with Crippen molar-refractivity contribution in [2.45, 2.75) is 13.0 Å². The predicted molar refractivity (Wildman–Crippen MR) is 65.1 cm³/mol. The first kappa shape index (κ1) is 10.3. The Bertz CT molecular complexity index is 526. The third-order valence-corrected chi connectivity index (χ3v) is 3.17. The second-order valence-electron chi connectivity index (χ2n) is 4.25. The minimum atomic E-state index is -0.199. The third kappa shape index (κ3) is 1.68. The fourth-order valence-electron chi connectivity index (χ4n) is 2.24. The van der Waals surface area contributed by atoms with Gasteiger partial charge in [-0.15, -0.1) is 0 Å². The maximum absolute atomic E-state index is 12.9. The smallest absolute Gasteiger partial charge is 0.123 e. The van der Waals surface area contributed by atoms with Gasteiger partial charge in [-0.25, -0.2) is 9.82 Å². The summed E-state index contributed by atoms with van der Waals surface area (Å²) in [6.07, 6.45) is 8.06. The predicted octanol–water partition coefficient (Wildman–Crippen LogP) is 3.04. The SMILES string of the molecule is CC1=C2C=CC=CN2NC1c1ccc(F)cc1. The normalized spacial score (nSPS) is 22.2. The topological polar surface area (TPSA) is 15.3 Å². The molecule has 0 aromatic heterocycles. The molecule has 1 N–H and O–H groups in total. The third-order valence-electron chi connectivity index (χ3n) is 3.17. The van der Waals surface area contributed by atoms with Crippen LogP contribution in [-0.4, -0.2) is 5.01 Å². The van der Waals surface area contributed by atoms with Gasteiger partial charge in [0, 0.05) is 6.20 Å². The van der Waals surface area contributed by atoms with Crippen molar-refractivity contribution in [1.82, 2.24) is 10.4 Å². The molecule has 17 heavy (non-hydrogen) atoms. The zero-order chi connectivity index (χ0) is 11.8. The molecule has 0 spiro atoms. The number of hydrazine groups is 1. The molecule has 1 aromatic rings. The second-order valence-corrected chi connectivity index (χ2v) is 4.25. The van der Waals surface area contributed by atoms with Gasteiger partial charge in [-0.2, -0.15) is 0 Å². The van der Waals surface area contributed by atoms with Crippen molar-refractivity contribution in [2.24, 2.45) is 0 Å². The summed E-state index contributed by atoms with van der Waals surface area (Å²) in [5.41, 5.74) is 6.87. The van der Waals surface area contributed by atoms with Gasteiger partial charge in [0.05, 0.1) is 11.7 Å². The van der Waals surface area contributed by atoms with Gasteiger partial charge in [-0.3, -0.25) is 5.01 Å². The van der Waals surface area contributed by atoms with Gasteiger partial charge in [-0.05, 0) is 42.3 Å². The minimum Gasteiger partial charge on any atom is -0.283 e. The molecule has 1 unspecified atom stereocenters. The molecule has 86 valence electrons. The zero-order valence-electron chi connectivity index (χ0n) is 9.52. The van der Waals surface area contributed by atoms with E-state index in [2.05, 4.69) is 18.4 Å². The van der Waals surface area contributed by atoms with E-state index in [0.717, 1.165) is 5.56 Å². The maximum atomic E-state index is 12.9. The first-order valence-electron chi connectivity index (χ1n) is 5.62. The number of nitrogens with zero attached hydrogens (tertiary/aromatic N) is 1. The summed E-state index contributed by atoms with van der Waals surface area (Å²) in [6, 6.07) is 6.76. The molecule has 0 amide bonds. The van der Waals surface area contributed by atoms with Crippen molar-refractivity contribution in [1.29, 1.82) is 0 Å². The zero-order valence-corrected chi connectivity index (χ0v) is 9.52. The van der Waals surface area contributed by atoms with Gasteiger partial charge in [0.25, 0.3) is 0 Å². The molecule has 2 aliphatic heterocycles. The molecule has 1 atom stereocenters. The average molecular weight is 228 g/mol. The molecular formula is C14H13FN2. The van der Waals surface area contributed by atoms with E-state index in [1.807, 2.05) is 35.5 Å². The van der Waals surface area contributed by atoms with Gasteiger partial charge >= 0.3 is 0 Å². The van der Waals surface area contributed by atoms with E-state index in [4.69, 9.17) is 0 Å². The number of halogens is 1. The molecular weight excluding hydrogens is 215 g/mol. The van der Waals surface area contributed by atoms with Gasteiger partial charge in [0.15, 0.2) is 0 Å². The Morgan fingerprint density at radius 1 is 1.18 bits per heavy atom. The van der Waals surface area contributed by atoms with Crippen LogP contribution in [0.5, 0.6) is 0 Å². The van der Waals surface area contributed by atoms with Crippen molar-refractivity contribution in [3.05, 3.63) is 71.3 Å². The summed E-state index contributed by atoms with van der Waals surface area (Å²) in [4.78, 5) is 0. The van der Waals surface area contributed by atoms with Crippen LogP contribution in [0.4, 0.5) is 4.39 Å². The number of fused-ring (bicyclic) bond motifs is 1. The number of nitrogens with one attached hydrogen (secondary N) is 1. The van der Waals surface area contributed by atoms with Crippen molar-refractivity contribution < 1.29 is 4.39 Å². The van der Waals surface area contributed by atoms with Gasteiger partial charge in [0.2, 0.25) is 0 Å². The molecule has 2 heterocycles. The molecule has 3 heteroatoms. The summed E-state index contributed by atoms with van der Waals surface area (Å²) in [7, 11) is 0. The minimum absolute atomic E-state index is 0.123. The Hall–Kier alpha value is -1.87. The van der Waals surface area contributed by atoms with E-state index in [1.165, 1.54) is 23.4 Å². The Kier molecular flexibility index (Phi) is 2.34. The van der Waals surface area contributed by atoms with Crippen LogP contribution in [-0.2, 0) is 0 Å². The number of benzene rings is 1. The van der Waals surface area contributed by atoms with Crippen LogP contribution in [0.3, 0.4) is 0 Å². The molecule has 2 aliphatic rings. The first-order chi connectivity index (χ1) is 8.25. The lowest BCUT2D eigenvalue weighted by Crippen LogP contribution is -2.29. The van der Waals surface area contributed by atoms with E-state index in [1.54, 1.807) is 0 Å². The second kappa shape index (κ2) is 3.86. The number of hydrogen-bond acceptors (Lipinski definition) is 2. The highest BCUT2D eigenvalue weighted by Gasteiger charge is 2.27. The molecule has 0 fully saturated rings. The van der Waals surface area contributed by atoms with Gasteiger partial charge in [-0.1, -0.05) is 18.2 Å². The Morgan fingerprint density at radius 3 is 2.65 bits per heavy atom. The average Bonchev–Trinajstić information content (AvgIpc) is 2.69. The van der Waals surface area contributed by atoms with E-state index in [-0.39, 0.29) is 11.9 Å². The fraction of sp³-hybridized carbons (Fsp3) is 0.143. The van der Waals surface area contributed by atoms with Crippen LogP contribution in [0, 0.1) is 5.82 Å². The molecule has 0 saturated carbocycles. The standard InChI is InChI=1S/C14H13FN2/c1-10-13-4-2-3-9-17(13)16-14(10)11-5-7-12(15)8-6-11/h2-9,14,16H,1H3. The highest BCUT2D eigenvalue weighted by atomic mass is 19.1. The highest BCUT2D eigenvalue weighted by Crippen LogP contribution is 2.33. The summed E-state index contributed by atoms with van der Waals surface area (Å²) in [5, 5.41) is 2.00. The van der Waals surface area contributed by atoms with Crippen LogP contribution in [0.1, 0.15) is 18.5 Å². The van der Waals surface area contributed by atoms with Crippen molar-refractivity contribution in [2.75, 3.05) is 0 Å². The lowest BCUT2D eigenvalue weighted by molar-refractivity contribution is 0.352. The summed E-state index contributed by atoms with van der Waals surface area (Å²) < 4.78 is 12.9. The number of allylic oxidation sites excluding steroid dienone is 3. The van der Waals surface area contributed by atoms with Crippen LogP contribution in [0.15, 0.2) is 60.0 Å². The van der Waals surface area contributed by atoms with Crippen LogP contribution < -0.4 is 5.43 Å². The quantitative estimate of drug-likeness (QED) is 0.794. The van der Waals surface area contributed by atoms with Crippen molar-refractivity contribution in [3.8, 4) is 0 Å². The largest absolute Gasteiger partial charge is 0.283 e. The van der Waals surface area contributed by atoms with Crippen LogP contribution >= 0.6 is 0 Å². The number of rotatable bonds is 1. The fourth-order valence-corrected chi connectivity index (χ4v) is 2.24. The Morgan fingerprint density at radius 2 is 1.94 bits per heavy atom. The van der Waals surface area contributed by atoms with E-state index in [0.29, 0.717) is 0 Å². The Labute approximate surface area is 99.7 Å². The van der Waals surface area contributed by atoms with E-state index in [9.17, 15) is 4.39 Å². The van der Waals surface area contributed by atoms with Gasteiger partial charge in [0.1, 0.15) is 5.82 Å². The lowest BCUT2D eigenvalue weighted by Gasteiger charge is -2.19. The van der Waals surface area contributed by atoms with Gasteiger partial charge < -0.3 is 0 Å². The molecule has 3 rings (SSSR count). The lowest BCUT2D eigenvalue weighted by atomic mass is 10.00. The van der Waals surface area contributed by atoms with Crippen LogP contribution in [0.2, 0.25) is 0 Å². The molecule has 1 aromatic carbocycles. The van der Waals surface area contributed by atoms with E-state index >= 15 is 0 Å². The molecule has 2 nitrogen and oxygen atoms in total. The highest BCUT2D eigenvalue weighted by molar-refractivity contribution is 5.40. The molecule has 0 radical (unpaired) electrons. The summed E-state index contributed by atoms with van der Waals surface area (Å²) in [6.45, 7) is 2.10. The van der Waals surface area contributed by atoms with Crippen LogP contribution in [0.25, 0.3) is 0 Å². The molecule has 0 aliphatic carbocycles. The Balaban J connectivity index is 1.97. The molecule has 0 saturated heterocycles. The molecule has 0 bridgehead atoms. The summed E-state index contributed by atoms with van der Waals surface area (Å²) >= 11 is 0. The van der Waals surface area contributed by atoms with Crippen molar-refractivity contribution >= 4 is 0 Å². The first-order valence-corrected chi connectivity index (χ1v) is 5.62. The number of hydrogen-bond donors (Lipinski definition) is 1.